The minimum atomic E-state index is -4.46. The number of phosphoric ester groups is 1. The molecule has 0 saturated heterocycles. The summed E-state index contributed by atoms with van der Waals surface area (Å²) in [5.41, 5.74) is 0. The van der Waals surface area contributed by atoms with Gasteiger partial charge in [0.1, 0.15) is 19.3 Å². The van der Waals surface area contributed by atoms with Gasteiger partial charge in [-0.05, 0) is 102 Å². The molecule has 0 aromatic carbocycles. The van der Waals surface area contributed by atoms with E-state index in [9.17, 15) is 19.0 Å². The Morgan fingerprint density at radius 3 is 1.27 bits per heavy atom. The maximum absolute atomic E-state index is 13.5. The van der Waals surface area contributed by atoms with E-state index in [-0.39, 0.29) is 31.5 Å². The third-order valence-corrected chi connectivity index (χ3v) is 15.3. The Labute approximate surface area is 488 Å². The quantitative estimate of drug-likeness (QED) is 0.0156. The molecule has 458 valence electrons. The maximum Gasteiger partial charge on any atom is 0.472 e. The lowest BCUT2D eigenvalue weighted by molar-refractivity contribution is -0.870. The first-order valence-corrected chi connectivity index (χ1v) is 34.4. The van der Waals surface area contributed by atoms with E-state index in [2.05, 4.69) is 99.0 Å². The molecule has 0 fully saturated rings. The molecule has 0 heterocycles. The normalized spacial score (nSPS) is 14.2. The molecular weight excluding hydrogens is 1000 g/mol. The molecule has 3 atom stereocenters. The Bertz CT molecular complexity index is 1630. The van der Waals surface area contributed by atoms with E-state index in [1.807, 2.05) is 33.3 Å². The summed E-state index contributed by atoms with van der Waals surface area (Å²) >= 11 is 0. The number of carbonyl (C=O) groups is 2. The van der Waals surface area contributed by atoms with Crippen molar-refractivity contribution in [1.29, 1.82) is 0 Å². The van der Waals surface area contributed by atoms with Crippen molar-refractivity contribution in [3.8, 4) is 0 Å². The van der Waals surface area contributed by atoms with Crippen molar-refractivity contribution in [1.82, 2.24) is 5.32 Å². The van der Waals surface area contributed by atoms with Gasteiger partial charge in [-0.3, -0.25) is 18.6 Å². The lowest BCUT2D eigenvalue weighted by Crippen LogP contribution is -2.47. The molecule has 3 unspecified atom stereocenters. The number of nitrogens with one attached hydrogen (secondary N) is 1. The van der Waals surface area contributed by atoms with Crippen molar-refractivity contribution >= 4 is 19.7 Å². The predicted octanol–water partition coefficient (Wildman–Crippen LogP) is 20.6. The van der Waals surface area contributed by atoms with Crippen molar-refractivity contribution in [2.45, 2.75) is 303 Å². The molecule has 79 heavy (non-hydrogen) atoms. The van der Waals surface area contributed by atoms with E-state index in [1.165, 1.54) is 154 Å². The zero-order valence-electron chi connectivity index (χ0n) is 52.3. The summed E-state index contributed by atoms with van der Waals surface area (Å²) in [4.78, 5) is 37.8. The summed E-state index contributed by atoms with van der Waals surface area (Å²) in [5.74, 6) is -0.541. The second kappa shape index (κ2) is 58.4. The Hall–Kier alpha value is -2.81. The molecule has 0 saturated carbocycles. The Balaban J connectivity index is 5.19. The fourth-order valence-corrected chi connectivity index (χ4v) is 9.94. The minimum absolute atomic E-state index is 0.0313. The van der Waals surface area contributed by atoms with Crippen LogP contribution in [0.15, 0.2) is 85.1 Å². The van der Waals surface area contributed by atoms with Crippen LogP contribution in [0.2, 0.25) is 0 Å². The monoisotopic (exact) mass is 1130 g/mol. The number of nitrogens with zero attached hydrogens (tertiary/aromatic N) is 1. The molecule has 0 aromatic heterocycles. The van der Waals surface area contributed by atoms with Crippen LogP contribution < -0.4 is 5.32 Å². The van der Waals surface area contributed by atoms with E-state index < -0.39 is 20.0 Å². The van der Waals surface area contributed by atoms with Crippen LogP contribution in [0.1, 0.15) is 290 Å². The van der Waals surface area contributed by atoms with Crippen LogP contribution in [0.4, 0.5) is 0 Å². The number of unbranched alkanes of at least 4 members (excludes halogenated alkanes) is 32. The number of hydrogen-bond donors (Lipinski definition) is 2. The number of rotatable bonds is 59. The number of quaternary nitrogens is 1. The van der Waals surface area contributed by atoms with Gasteiger partial charge in [0, 0.05) is 12.8 Å². The Morgan fingerprint density at radius 2 is 0.810 bits per heavy atom. The van der Waals surface area contributed by atoms with E-state index >= 15 is 0 Å². The van der Waals surface area contributed by atoms with Crippen LogP contribution in [0.3, 0.4) is 0 Å². The molecule has 2 N–H and O–H groups in total. The SMILES string of the molecule is CCCCC/C=C\C/C=C\C/C=C\C/C=C\CCCCCCCCCCCC(=O)OC(/C=C\CCCCCCCCCCCC)C(COP(=O)(O)OCC[N+](C)(C)C)NC(=O)CCCCC/C=C/C=C/CCCCCCCCC. The lowest BCUT2D eigenvalue weighted by atomic mass is 10.0. The van der Waals surface area contributed by atoms with Crippen molar-refractivity contribution < 1.29 is 37.3 Å². The fraction of sp³-hybridized carbons (Fsp3) is 0.768. The van der Waals surface area contributed by atoms with Gasteiger partial charge in [-0.2, -0.15) is 0 Å². The van der Waals surface area contributed by atoms with Crippen molar-refractivity contribution in [3.05, 3.63) is 85.1 Å². The highest BCUT2D eigenvalue weighted by atomic mass is 31.2. The van der Waals surface area contributed by atoms with E-state index in [1.54, 1.807) is 0 Å². The van der Waals surface area contributed by atoms with Gasteiger partial charge in [-0.15, -0.1) is 0 Å². The number of phosphoric acid groups is 1. The second-order valence-corrected chi connectivity index (χ2v) is 24.8. The molecule has 0 aliphatic heterocycles. The smallest absolute Gasteiger partial charge is 0.456 e. The van der Waals surface area contributed by atoms with E-state index in [0.29, 0.717) is 23.9 Å². The van der Waals surface area contributed by atoms with Gasteiger partial charge in [0.25, 0.3) is 0 Å². The van der Waals surface area contributed by atoms with Crippen LogP contribution in [0.5, 0.6) is 0 Å². The summed E-state index contributed by atoms with van der Waals surface area (Å²) in [5, 5.41) is 3.04. The largest absolute Gasteiger partial charge is 0.472 e. The zero-order chi connectivity index (χ0) is 57.9. The summed E-state index contributed by atoms with van der Waals surface area (Å²) in [7, 11) is 1.47. The molecule has 0 radical (unpaired) electrons. The summed E-state index contributed by atoms with van der Waals surface area (Å²) < 4.78 is 30.7. The first-order chi connectivity index (χ1) is 38.4. The molecule has 9 nitrogen and oxygen atoms in total. The van der Waals surface area contributed by atoms with Crippen LogP contribution >= 0.6 is 7.82 Å². The standard InChI is InChI=1S/C69H125N2O7P/c1-7-10-13-16-19-22-25-28-30-32-33-34-35-36-37-38-39-40-42-44-47-50-53-56-59-62-69(73)78-67(60-57-54-51-48-45-27-24-21-18-15-12-9-3)66(65-77-79(74,75)76-64-63-71(4,5)6)70-68(72)61-58-55-52-49-46-43-41-31-29-26-23-20-17-14-11-8-2/h19,22,28,30-31,33-34,36-37,41,43,46,57,60,66-67H,7-18,20-21,23-27,29,32,35,38-40,42,44-45,47-56,58-59,61-65H2,1-6H3,(H-,70,72,74,75)/p+1/b22-19-,30-28-,34-33-,37-36-,41-31+,46-43+,60-57-. The molecule has 0 aliphatic carbocycles. The van der Waals surface area contributed by atoms with Gasteiger partial charge in [-0.25, -0.2) is 4.57 Å². The number of allylic oxidation sites excluding steroid dienone is 13. The Kier molecular flexibility index (Phi) is 56.3. The average Bonchev–Trinajstić information content (AvgIpc) is 3.41. The first kappa shape index (κ1) is 76.2. The van der Waals surface area contributed by atoms with Gasteiger partial charge in [0.2, 0.25) is 5.91 Å². The number of ether oxygens (including phenoxy) is 1. The van der Waals surface area contributed by atoms with E-state index in [4.69, 9.17) is 13.8 Å². The minimum Gasteiger partial charge on any atom is -0.456 e. The third-order valence-electron chi connectivity index (χ3n) is 14.3. The highest BCUT2D eigenvalue weighted by Gasteiger charge is 2.30. The highest BCUT2D eigenvalue weighted by molar-refractivity contribution is 7.47. The molecule has 0 aromatic rings. The topological polar surface area (TPSA) is 111 Å². The van der Waals surface area contributed by atoms with Gasteiger partial charge < -0.3 is 19.4 Å². The first-order valence-electron chi connectivity index (χ1n) is 32.9. The van der Waals surface area contributed by atoms with Gasteiger partial charge in [0.15, 0.2) is 0 Å². The fourth-order valence-electron chi connectivity index (χ4n) is 9.21. The molecular formula is C69H126N2O7P+. The van der Waals surface area contributed by atoms with Crippen molar-refractivity contribution in [2.24, 2.45) is 0 Å². The number of amides is 1. The third kappa shape index (κ3) is 59.6. The molecule has 0 rings (SSSR count). The number of hydrogen-bond acceptors (Lipinski definition) is 6. The average molecular weight is 1130 g/mol. The van der Waals surface area contributed by atoms with Crippen LogP contribution in [-0.4, -0.2) is 74.3 Å². The zero-order valence-corrected chi connectivity index (χ0v) is 53.2. The predicted molar refractivity (Wildman–Crippen MR) is 341 cm³/mol. The van der Waals surface area contributed by atoms with Crippen LogP contribution in [0.25, 0.3) is 0 Å². The molecule has 0 aliphatic rings. The van der Waals surface area contributed by atoms with Gasteiger partial charge in [0.05, 0.1) is 33.8 Å². The second-order valence-electron chi connectivity index (χ2n) is 23.3. The summed E-state index contributed by atoms with van der Waals surface area (Å²) in [6.07, 6.45) is 77.3. The molecule has 0 spiro atoms. The molecule has 10 heteroatoms. The summed E-state index contributed by atoms with van der Waals surface area (Å²) in [6.45, 7) is 6.96. The van der Waals surface area contributed by atoms with Gasteiger partial charge >= 0.3 is 13.8 Å². The Morgan fingerprint density at radius 1 is 0.456 bits per heavy atom. The molecule has 1 amide bonds. The number of likely N-dealkylation sites (N-methyl/N-ethyl adjacent to an activating group) is 1. The lowest BCUT2D eigenvalue weighted by Gasteiger charge is -2.27. The van der Waals surface area contributed by atoms with Crippen LogP contribution in [-0.2, 0) is 27.9 Å². The highest BCUT2D eigenvalue weighted by Crippen LogP contribution is 2.43. The molecule has 0 bridgehead atoms. The van der Waals surface area contributed by atoms with Crippen LogP contribution in [0, 0.1) is 0 Å². The van der Waals surface area contributed by atoms with Crippen molar-refractivity contribution in [3.63, 3.8) is 0 Å². The number of esters is 1. The van der Waals surface area contributed by atoms with Gasteiger partial charge in [-0.1, -0.05) is 260 Å². The number of carbonyl (C=O) groups excluding carboxylic acids is 2. The summed E-state index contributed by atoms with van der Waals surface area (Å²) in [6, 6.07) is -0.868. The van der Waals surface area contributed by atoms with E-state index in [0.717, 1.165) is 96.3 Å². The van der Waals surface area contributed by atoms with Crippen molar-refractivity contribution in [2.75, 3.05) is 40.9 Å². The maximum atomic E-state index is 13.5.